The smallest absolute Gasteiger partial charge is 0.341 e. The minimum absolute atomic E-state index is 0.314. The summed E-state index contributed by atoms with van der Waals surface area (Å²) < 4.78 is 7.91. The lowest BCUT2D eigenvalue weighted by Gasteiger charge is -2.10. The molecule has 0 aliphatic carbocycles. The molecular weight excluding hydrogens is 320 g/mol. The van der Waals surface area contributed by atoms with Gasteiger partial charge in [-0.25, -0.2) is 9.48 Å². The van der Waals surface area contributed by atoms with Gasteiger partial charge in [0, 0.05) is 4.47 Å². The number of ether oxygens (including phenoxy) is 1. The first-order chi connectivity index (χ1) is 9.58. The largest absolute Gasteiger partial charge is 0.462 e. The molecule has 2 aromatic rings. The quantitative estimate of drug-likeness (QED) is 0.800. The lowest BCUT2D eigenvalue weighted by Crippen LogP contribution is -2.09. The number of rotatable bonds is 4. The summed E-state index contributed by atoms with van der Waals surface area (Å²) in [6.07, 6.45) is 2.29. The first-order valence-corrected chi connectivity index (χ1v) is 7.38. The van der Waals surface area contributed by atoms with Crippen molar-refractivity contribution >= 4 is 21.9 Å². The van der Waals surface area contributed by atoms with E-state index in [1.54, 1.807) is 13.1 Å². The Morgan fingerprint density at radius 1 is 1.40 bits per heavy atom. The monoisotopic (exact) mass is 336 g/mol. The van der Waals surface area contributed by atoms with Crippen LogP contribution in [0.1, 0.15) is 35.5 Å². The number of esters is 1. The highest BCUT2D eigenvalue weighted by molar-refractivity contribution is 9.10. The molecule has 0 saturated carbocycles. The number of carbonyl (C=O) groups is 1. The maximum atomic E-state index is 11.9. The number of carbonyl (C=O) groups excluding carboxylic acids is 1. The van der Waals surface area contributed by atoms with Crippen LogP contribution in [-0.2, 0) is 11.2 Å². The maximum Gasteiger partial charge on any atom is 0.341 e. The van der Waals surface area contributed by atoms with E-state index in [-0.39, 0.29) is 5.97 Å². The predicted molar refractivity (Wildman–Crippen MR) is 81.3 cm³/mol. The van der Waals surface area contributed by atoms with Crippen molar-refractivity contribution in [2.75, 3.05) is 6.61 Å². The molecule has 106 valence electrons. The maximum absolute atomic E-state index is 11.9. The minimum Gasteiger partial charge on any atom is -0.462 e. The van der Waals surface area contributed by atoms with E-state index in [0.29, 0.717) is 18.6 Å². The fourth-order valence-corrected chi connectivity index (χ4v) is 2.63. The second kappa shape index (κ2) is 6.22. The van der Waals surface area contributed by atoms with Gasteiger partial charge in [-0.05, 0) is 44.0 Å². The van der Waals surface area contributed by atoms with Crippen molar-refractivity contribution in [3.63, 3.8) is 0 Å². The van der Waals surface area contributed by atoms with Gasteiger partial charge in [0.2, 0.25) is 0 Å². The number of halogens is 1. The van der Waals surface area contributed by atoms with Gasteiger partial charge in [0.15, 0.2) is 0 Å². The molecule has 0 bridgehead atoms. The first kappa shape index (κ1) is 14.8. The molecule has 0 unspecified atom stereocenters. The third-order valence-corrected chi connectivity index (χ3v) is 3.58. The minimum atomic E-state index is -0.314. The van der Waals surface area contributed by atoms with Gasteiger partial charge >= 0.3 is 5.97 Å². The molecule has 20 heavy (non-hydrogen) atoms. The Morgan fingerprint density at radius 2 is 2.15 bits per heavy atom. The molecular formula is C15H17BrN2O2. The number of hydrogen-bond acceptors (Lipinski definition) is 3. The van der Waals surface area contributed by atoms with Gasteiger partial charge in [0.25, 0.3) is 0 Å². The fraction of sp³-hybridized carbons (Fsp3) is 0.333. The summed E-state index contributed by atoms with van der Waals surface area (Å²) in [5.74, 6) is -0.314. The SMILES string of the molecule is CCOC(=O)c1cnn(-c2ccc(Br)cc2C)c1CC. The van der Waals surface area contributed by atoms with Crippen molar-refractivity contribution in [3.8, 4) is 5.69 Å². The van der Waals surface area contributed by atoms with Gasteiger partial charge in [0.05, 0.1) is 24.2 Å². The van der Waals surface area contributed by atoms with Gasteiger partial charge in [0.1, 0.15) is 5.56 Å². The Hall–Kier alpha value is -1.62. The Balaban J connectivity index is 2.50. The van der Waals surface area contributed by atoms with Crippen LogP contribution in [0.3, 0.4) is 0 Å². The van der Waals surface area contributed by atoms with Crippen LogP contribution in [0.25, 0.3) is 5.69 Å². The van der Waals surface area contributed by atoms with E-state index in [1.165, 1.54) is 0 Å². The molecule has 0 aliphatic heterocycles. The summed E-state index contributed by atoms with van der Waals surface area (Å²) in [5, 5.41) is 4.35. The van der Waals surface area contributed by atoms with Gasteiger partial charge in [-0.1, -0.05) is 22.9 Å². The van der Waals surface area contributed by atoms with Crippen molar-refractivity contribution in [2.24, 2.45) is 0 Å². The normalized spacial score (nSPS) is 10.6. The molecule has 4 nitrogen and oxygen atoms in total. The number of hydrogen-bond donors (Lipinski definition) is 0. The van der Waals surface area contributed by atoms with E-state index in [9.17, 15) is 4.79 Å². The molecule has 0 saturated heterocycles. The van der Waals surface area contributed by atoms with Crippen LogP contribution in [0.15, 0.2) is 28.9 Å². The second-order valence-electron chi connectivity index (χ2n) is 4.42. The number of nitrogens with zero attached hydrogens (tertiary/aromatic N) is 2. The molecule has 0 spiro atoms. The molecule has 1 aromatic heterocycles. The van der Waals surface area contributed by atoms with Gasteiger partial charge in [-0.15, -0.1) is 0 Å². The highest BCUT2D eigenvalue weighted by atomic mass is 79.9. The number of benzene rings is 1. The Labute approximate surface area is 126 Å². The topological polar surface area (TPSA) is 44.1 Å². The van der Waals surface area contributed by atoms with E-state index >= 15 is 0 Å². The molecule has 2 rings (SSSR count). The summed E-state index contributed by atoms with van der Waals surface area (Å²) in [6, 6.07) is 5.98. The average Bonchev–Trinajstić information content (AvgIpc) is 2.82. The Bertz CT molecular complexity index is 635. The van der Waals surface area contributed by atoms with Gasteiger partial charge in [-0.3, -0.25) is 0 Å². The number of aromatic nitrogens is 2. The van der Waals surface area contributed by atoms with Gasteiger partial charge < -0.3 is 4.74 Å². The van der Waals surface area contributed by atoms with E-state index < -0.39 is 0 Å². The Kier molecular flexibility index (Phi) is 4.60. The zero-order valence-corrected chi connectivity index (χ0v) is 13.4. The summed E-state index contributed by atoms with van der Waals surface area (Å²) in [5.41, 5.74) is 3.47. The van der Waals surface area contributed by atoms with E-state index in [1.807, 2.05) is 36.7 Å². The fourth-order valence-electron chi connectivity index (χ4n) is 2.16. The highest BCUT2D eigenvalue weighted by Crippen LogP contribution is 2.22. The lowest BCUT2D eigenvalue weighted by atomic mass is 10.1. The van der Waals surface area contributed by atoms with Crippen LogP contribution in [0.5, 0.6) is 0 Å². The average molecular weight is 337 g/mol. The van der Waals surface area contributed by atoms with Crippen molar-refractivity contribution in [2.45, 2.75) is 27.2 Å². The molecule has 0 radical (unpaired) electrons. The lowest BCUT2D eigenvalue weighted by molar-refractivity contribution is 0.0525. The van der Waals surface area contributed by atoms with Crippen molar-refractivity contribution in [1.29, 1.82) is 0 Å². The molecule has 1 aromatic carbocycles. The predicted octanol–water partition coefficient (Wildman–Crippen LogP) is 3.68. The van der Waals surface area contributed by atoms with Crippen LogP contribution in [0.2, 0.25) is 0 Å². The summed E-state index contributed by atoms with van der Waals surface area (Å²) in [6.45, 7) is 6.19. The van der Waals surface area contributed by atoms with E-state index in [2.05, 4.69) is 21.0 Å². The third kappa shape index (κ3) is 2.77. The van der Waals surface area contributed by atoms with Crippen LogP contribution < -0.4 is 0 Å². The van der Waals surface area contributed by atoms with Crippen molar-refractivity contribution in [1.82, 2.24) is 9.78 Å². The van der Waals surface area contributed by atoms with E-state index in [4.69, 9.17) is 4.74 Å². The van der Waals surface area contributed by atoms with Crippen molar-refractivity contribution < 1.29 is 9.53 Å². The number of aryl methyl sites for hydroxylation is 1. The van der Waals surface area contributed by atoms with Crippen molar-refractivity contribution in [3.05, 3.63) is 45.7 Å². The zero-order valence-electron chi connectivity index (χ0n) is 11.8. The molecule has 0 atom stereocenters. The third-order valence-electron chi connectivity index (χ3n) is 3.09. The second-order valence-corrected chi connectivity index (χ2v) is 5.34. The summed E-state index contributed by atoms with van der Waals surface area (Å²) >= 11 is 3.45. The van der Waals surface area contributed by atoms with Crippen LogP contribution in [0, 0.1) is 6.92 Å². The van der Waals surface area contributed by atoms with E-state index in [0.717, 1.165) is 21.4 Å². The molecule has 0 N–H and O–H groups in total. The standard InChI is InChI=1S/C15H17BrN2O2/c1-4-13-12(15(19)20-5-2)9-17-18(13)14-7-6-11(16)8-10(14)3/h6-9H,4-5H2,1-3H3. The molecule has 0 fully saturated rings. The Morgan fingerprint density at radius 3 is 2.75 bits per heavy atom. The summed E-state index contributed by atoms with van der Waals surface area (Å²) in [4.78, 5) is 11.9. The highest BCUT2D eigenvalue weighted by Gasteiger charge is 2.18. The van der Waals surface area contributed by atoms with Crippen LogP contribution >= 0.6 is 15.9 Å². The molecule has 5 heteroatoms. The van der Waals surface area contributed by atoms with Gasteiger partial charge in [-0.2, -0.15) is 5.10 Å². The molecule has 0 amide bonds. The van der Waals surface area contributed by atoms with Crippen LogP contribution in [-0.4, -0.2) is 22.4 Å². The molecule has 0 aliphatic rings. The zero-order chi connectivity index (χ0) is 14.7. The van der Waals surface area contributed by atoms with Crippen LogP contribution in [0.4, 0.5) is 0 Å². The molecule has 1 heterocycles. The first-order valence-electron chi connectivity index (χ1n) is 6.59. The summed E-state index contributed by atoms with van der Waals surface area (Å²) in [7, 11) is 0.